The van der Waals surface area contributed by atoms with Gasteiger partial charge in [-0.1, -0.05) is 0 Å². The Hall–Kier alpha value is -1.36. The Labute approximate surface area is 93.2 Å². The molecule has 2 heterocycles. The highest BCUT2D eigenvalue weighted by atomic mass is 32.1. The molecule has 2 rings (SSSR count). The second kappa shape index (κ2) is 4.44. The largest absolute Gasteiger partial charge is 0.459 e. The highest BCUT2D eigenvalue weighted by Gasteiger charge is 2.18. The molecule has 15 heavy (non-hydrogen) atoms. The lowest BCUT2D eigenvalue weighted by Crippen LogP contribution is -2.40. The number of hydrogen-bond donors (Lipinski definition) is 1. The molecular weight excluding hydrogens is 212 g/mol. The lowest BCUT2D eigenvalue weighted by Gasteiger charge is -2.17. The second-order valence-corrected chi connectivity index (χ2v) is 3.82. The molecule has 0 bridgehead atoms. The van der Waals surface area contributed by atoms with E-state index in [4.69, 9.17) is 16.6 Å². The predicted molar refractivity (Wildman–Crippen MR) is 59.6 cm³/mol. The van der Waals surface area contributed by atoms with Crippen molar-refractivity contribution in [2.75, 3.05) is 13.1 Å². The SMILES string of the molecule is O=C(NC(=S)N1CCCC1)c1ccco1. The van der Waals surface area contributed by atoms with Gasteiger partial charge in [-0.25, -0.2) is 0 Å². The molecule has 1 saturated heterocycles. The molecule has 0 atom stereocenters. The van der Waals surface area contributed by atoms with Crippen LogP contribution < -0.4 is 5.32 Å². The van der Waals surface area contributed by atoms with E-state index in [0.717, 1.165) is 25.9 Å². The molecule has 1 aliphatic heterocycles. The van der Waals surface area contributed by atoms with Crippen LogP contribution in [-0.4, -0.2) is 29.0 Å². The van der Waals surface area contributed by atoms with Gasteiger partial charge in [-0.2, -0.15) is 0 Å². The van der Waals surface area contributed by atoms with Crippen LogP contribution in [0.25, 0.3) is 0 Å². The smallest absolute Gasteiger partial charge is 0.293 e. The van der Waals surface area contributed by atoms with E-state index in [1.165, 1.54) is 6.26 Å². The molecule has 1 amide bonds. The van der Waals surface area contributed by atoms with Crippen molar-refractivity contribution < 1.29 is 9.21 Å². The number of nitrogens with one attached hydrogen (secondary N) is 1. The van der Waals surface area contributed by atoms with Crippen molar-refractivity contribution in [1.82, 2.24) is 10.2 Å². The van der Waals surface area contributed by atoms with Crippen LogP contribution in [0.5, 0.6) is 0 Å². The van der Waals surface area contributed by atoms with Gasteiger partial charge in [0, 0.05) is 13.1 Å². The number of carbonyl (C=O) groups is 1. The third kappa shape index (κ3) is 2.36. The van der Waals surface area contributed by atoms with Crippen LogP contribution in [0.1, 0.15) is 23.4 Å². The summed E-state index contributed by atoms with van der Waals surface area (Å²) in [5, 5.41) is 3.14. The molecule has 1 aliphatic rings. The summed E-state index contributed by atoms with van der Waals surface area (Å²) in [6, 6.07) is 3.29. The van der Waals surface area contributed by atoms with Crippen LogP contribution in [0.3, 0.4) is 0 Å². The van der Waals surface area contributed by atoms with Gasteiger partial charge in [0.2, 0.25) is 0 Å². The number of hydrogen-bond acceptors (Lipinski definition) is 3. The van der Waals surface area contributed by atoms with Crippen LogP contribution in [0.15, 0.2) is 22.8 Å². The summed E-state index contributed by atoms with van der Waals surface area (Å²) >= 11 is 5.12. The van der Waals surface area contributed by atoms with Gasteiger partial charge >= 0.3 is 0 Å². The molecule has 0 saturated carbocycles. The molecule has 1 aromatic rings. The van der Waals surface area contributed by atoms with Gasteiger partial charge < -0.3 is 9.32 Å². The van der Waals surface area contributed by atoms with Crippen molar-refractivity contribution >= 4 is 23.2 Å². The van der Waals surface area contributed by atoms with E-state index in [0.29, 0.717) is 5.11 Å². The molecule has 1 N–H and O–H groups in total. The maximum atomic E-state index is 11.6. The third-order valence-corrected chi connectivity index (χ3v) is 2.72. The molecule has 1 aromatic heterocycles. The van der Waals surface area contributed by atoms with Crippen molar-refractivity contribution in [3.8, 4) is 0 Å². The average molecular weight is 224 g/mol. The van der Waals surface area contributed by atoms with Crippen LogP contribution >= 0.6 is 12.2 Å². The van der Waals surface area contributed by atoms with E-state index in [9.17, 15) is 4.79 Å². The second-order valence-electron chi connectivity index (χ2n) is 3.43. The summed E-state index contributed by atoms with van der Waals surface area (Å²) in [5.74, 6) is 0.00782. The van der Waals surface area contributed by atoms with E-state index < -0.39 is 0 Å². The van der Waals surface area contributed by atoms with E-state index in [-0.39, 0.29) is 11.7 Å². The lowest BCUT2D eigenvalue weighted by atomic mass is 10.4. The molecule has 0 spiro atoms. The minimum absolute atomic E-state index is 0.281. The van der Waals surface area contributed by atoms with Crippen LogP contribution in [-0.2, 0) is 0 Å². The van der Waals surface area contributed by atoms with Crippen molar-refractivity contribution in [3.05, 3.63) is 24.2 Å². The van der Waals surface area contributed by atoms with Crippen LogP contribution in [0.4, 0.5) is 0 Å². The van der Waals surface area contributed by atoms with Gasteiger partial charge in [0.25, 0.3) is 5.91 Å². The predicted octanol–water partition coefficient (Wildman–Crippen LogP) is 1.39. The molecule has 0 aromatic carbocycles. The first-order valence-corrected chi connectivity index (χ1v) is 5.32. The molecule has 80 valence electrons. The maximum absolute atomic E-state index is 11.6. The molecule has 0 radical (unpaired) electrons. The van der Waals surface area contributed by atoms with Crippen molar-refractivity contribution in [1.29, 1.82) is 0 Å². The average Bonchev–Trinajstić information content (AvgIpc) is 2.91. The van der Waals surface area contributed by atoms with E-state index >= 15 is 0 Å². The number of carbonyl (C=O) groups excluding carboxylic acids is 1. The summed E-state index contributed by atoms with van der Waals surface area (Å²) in [4.78, 5) is 13.6. The Morgan fingerprint density at radius 3 is 2.80 bits per heavy atom. The summed E-state index contributed by atoms with van der Waals surface area (Å²) in [6.07, 6.45) is 3.74. The number of likely N-dealkylation sites (tertiary alicyclic amines) is 1. The zero-order valence-corrected chi connectivity index (χ0v) is 9.05. The Bertz CT molecular complexity index is 356. The van der Waals surface area contributed by atoms with Gasteiger partial charge in [-0.3, -0.25) is 10.1 Å². The Balaban J connectivity index is 1.91. The minimum atomic E-state index is -0.281. The molecule has 4 nitrogen and oxygen atoms in total. The first kappa shape index (κ1) is 10.2. The molecule has 5 heteroatoms. The van der Waals surface area contributed by atoms with Gasteiger partial charge in [-0.05, 0) is 37.2 Å². The first-order valence-electron chi connectivity index (χ1n) is 4.91. The zero-order valence-electron chi connectivity index (χ0n) is 8.23. The van der Waals surface area contributed by atoms with Gasteiger partial charge in [-0.15, -0.1) is 0 Å². The van der Waals surface area contributed by atoms with Crippen molar-refractivity contribution in [2.24, 2.45) is 0 Å². The molecule has 0 aliphatic carbocycles. The standard InChI is InChI=1S/C10H12N2O2S/c13-9(8-4-3-7-14-8)11-10(15)12-5-1-2-6-12/h3-4,7H,1-2,5-6H2,(H,11,13,15). The topological polar surface area (TPSA) is 45.5 Å². The fraction of sp³-hybridized carbons (Fsp3) is 0.400. The van der Waals surface area contributed by atoms with Crippen LogP contribution in [0.2, 0.25) is 0 Å². The summed E-state index contributed by atoms with van der Waals surface area (Å²) in [6.45, 7) is 1.86. The van der Waals surface area contributed by atoms with E-state index in [1.54, 1.807) is 12.1 Å². The van der Waals surface area contributed by atoms with Crippen molar-refractivity contribution in [3.63, 3.8) is 0 Å². The molecular formula is C10H12N2O2S. The Morgan fingerprint density at radius 1 is 1.47 bits per heavy atom. The van der Waals surface area contributed by atoms with Gasteiger partial charge in [0.05, 0.1) is 6.26 Å². The number of furan rings is 1. The number of amides is 1. The van der Waals surface area contributed by atoms with Gasteiger partial charge in [0.1, 0.15) is 0 Å². The van der Waals surface area contributed by atoms with E-state index in [1.807, 2.05) is 4.90 Å². The normalized spacial score (nSPS) is 15.3. The van der Waals surface area contributed by atoms with Crippen LogP contribution in [0, 0.1) is 0 Å². The van der Waals surface area contributed by atoms with Crippen molar-refractivity contribution in [2.45, 2.75) is 12.8 Å². The summed E-state index contributed by atoms with van der Waals surface area (Å²) in [5.41, 5.74) is 0. The number of nitrogens with zero attached hydrogens (tertiary/aromatic N) is 1. The lowest BCUT2D eigenvalue weighted by molar-refractivity contribution is 0.0947. The third-order valence-electron chi connectivity index (χ3n) is 2.36. The Morgan fingerprint density at radius 2 is 2.20 bits per heavy atom. The number of rotatable bonds is 1. The first-order chi connectivity index (χ1) is 7.27. The zero-order chi connectivity index (χ0) is 10.7. The minimum Gasteiger partial charge on any atom is -0.459 e. The monoisotopic (exact) mass is 224 g/mol. The highest BCUT2D eigenvalue weighted by Crippen LogP contribution is 2.08. The summed E-state index contributed by atoms with van der Waals surface area (Å²) < 4.78 is 4.97. The Kier molecular flexibility index (Phi) is 3.01. The highest BCUT2D eigenvalue weighted by molar-refractivity contribution is 7.80. The van der Waals surface area contributed by atoms with E-state index in [2.05, 4.69) is 5.32 Å². The fourth-order valence-electron chi connectivity index (χ4n) is 1.57. The quantitative estimate of drug-likeness (QED) is 0.732. The fourth-order valence-corrected chi connectivity index (χ4v) is 1.84. The molecule has 0 unspecified atom stereocenters. The summed E-state index contributed by atoms with van der Waals surface area (Å²) in [7, 11) is 0. The maximum Gasteiger partial charge on any atom is 0.293 e. The molecule has 1 fully saturated rings. The number of thiocarbonyl (C=S) groups is 1. The van der Waals surface area contributed by atoms with Gasteiger partial charge in [0.15, 0.2) is 10.9 Å².